The molecule has 0 spiro atoms. The van der Waals surface area contributed by atoms with Crippen LogP contribution in [-0.2, 0) is 4.79 Å². The molecule has 2 aromatic heterocycles. The second-order valence-corrected chi connectivity index (χ2v) is 8.24. The van der Waals surface area contributed by atoms with Crippen LogP contribution in [0.25, 0.3) is 27.3 Å². The van der Waals surface area contributed by atoms with E-state index < -0.39 is 5.91 Å². The van der Waals surface area contributed by atoms with E-state index in [9.17, 15) is 9.59 Å². The number of fused-ring (bicyclic) bond motifs is 1. The van der Waals surface area contributed by atoms with Crippen LogP contribution in [-0.4, -0.2) is 31.6 Å². The average molecular weight is 455 g/mol. The highest BCUT2D eigenvalue weighted by atomic mass is 32.1. The second-order valence-electron chi connectivity index (χ2n) is 7.21. The lowest BCUT2D eigenvalue weighted by Gasteiger charge is -2.05. The standard InChI is InChI=1S/C24H18N6O2S/c1-15(31)25-17-12-13-19-20(14-17)33-24(26-19)28-23(32)21-27-22(16-8-4-2-5-9-16)30(29-21)18-10-6-3-7-11-18/h2-14H,1H3,(H,25,31)(H,26,28,32). The SMILES string of the molecule is CC(=O)Nc1ccc2nc(NC(=O)c3nc(-c4ccccc4)n(-c4ccccc4)n3)sc2c1. The van der Waals surface area contributed by atoms with Gasteiger partial charge in [0.05, 0.1) is 15.9 Å². The quantitative estimate of drug-likeness (QED) is 0.399. The second kappa shape index (κ2) is 8.64. The van der Waals surface area contributed by atoms with Crippen molar-refractivity contribution in [3.05, 3.63) is 84.7 Å². The number of carbonyl (C=O) groups excluding carboxylic acids is 2. The van der Waals surface area contributed by atoms with E-state index in [4.69, 9.17) is 0 Å². The van der Waals surface area contributed by atoms with Crippen molar-refractivity contribution in [2.24, 2.45) is 0 Å². The maximum Gasteiger partial charge on any atom is 0.297 e. The molecule has 0 aliphatic carbocycles. The first-order valence-electron chi connectivity index (χ1n) is 10.1. The molecule has 5 aromatic rings. The third-order valence-corrected chi connectivity index (χ3v) is 5.71. The van der Waals surface area contributed by atoms with E-state index in [2.05, 4.69) is 25.7 Å². The third-order valence-electron chi connectivity index (χ3n) is 4.77. The molecule has 0 unspecified atom stereocenters. The first-order chi connectivity index (χ1) is 16.1. The van der Waals surface area contributed by atoms with Crippen LogP contribution >= 0.6 is 11.3 Å². The van der Waals surface area contributed by atoms with Gasteiger partial charge in [0.2, 0.25) is 11.7 Å². The monoisotopic (exact) mass is 454 g/mol. The van der Waals surface area contributed by atoms with Gasteiger partial charge in [-0.2, -0.15) is 0 Å². The summed E-state index contributed by atoms with van der Waals surface area (Å²) in [5.41, 5.74) is 3.04. The maximum absolute atomic E-state index is 13.0. The zero-order valence-electron chi connectivity index (χ0n) is 17.5. The number of benzene rings is 3. The minimum absolute atomic E-state index is 0.0379. The third kappa shape index (κ3) is 4.35. The Morgan fingerprint density at radius 3 is 2.33 bits per heavy atom. The van der Waals surface area contributed by atoms with Gasteiger partial charge in [-0.3, -0.25) is 14.9 Å². The van der Waals surface area contributed by atoms with Crippen LogP contribution < -0.4 is 10.6 Å². The lowest BCUT2D eigenvalue weighted by Crippen LogP contribution is -2.14. The molecule has 0 atom stereocenters. The van der Waals surface area contributed by atoms with E-state index in [0.29, 0.717) is 16.6 Å². The fourth-order valence-corrected chi connectivity index (χ4v) is 4.24. The first kappa shape index (κ1) is 20.5. The summed E-state index contributed by atoms with van der Waals surface area (Å²) in [7, 11) is 0. The van der Waals surface area contributed by atoms with Gasteiger partial charge in [-0.05, 0) is 30.3 Å². The van der Waals surface area contributed by atoms with E-state index in [0.717, 1.165) is 21.5 Å². The molecule has 0 aliphatic rings. The normalized spacial score (nSPS) is 10.8. The molecule has 8 nitrogen and oxygen atoms in total. The van der Waals surface area contributed by atoms with Crippen molar-refractivity contribution in [3.63, 3.8) is 0 Å². The number of hydrogen-bond acceptors (Lipinski definition) is 6. The van der Waals surface area contributed by atoms with Crippen LogP contribution in [0.4, 0.5) is 10.8 Å². The minimum atomic E-state index is -0.456. The fourth-order valence-electron chi connectivity index (χ4n) is 3.34. The van der Waals surface area contributed by atoms with E-state index in [-0.39, 0.29) is 11.7 Å². The number of hydrogen-bond donors (Lipinski definition) is 2. The van der Waals surface area contributed by atoms with Gasteiger partial charge < -0.3 is 5.32 Å². The van der Waals surface area contributed by atoms with Crippen molar-refractivity contribution in [1.29, 1.82) is 0 Å². The predicted molar refractivity (Wildman–Crippen MR) is 129 cm³/mol. The number of rotatable bonds is 5. The van der Waals surface area contributed by atoms with Crippen LogP contribution in [0.15, 0.2) is 78.9 Å². The largest absolute Gasteiger partial charge is 0.326 e. The van der Waals surface area contributed by atoms with Gasteiger partial charge in [0.15, 0.2) is 11.0 Å². The van der Waals surface area contributed by atoms with Crippen molar-refractivity contribution in [1.82, 2.24) is 19.7 Å². The Balaban J connectivity index is 1.46. The Morgan fingerprint density at radius 1 is 0.879 bits per heavy atom. The topological polar surface area (TPSA) is 102 Å². The highest BCUT2D eigenvalue weighted by molar-refractivity contribution is 7.22. The predicted octanol–water partition coefficient (Wildman–Crippen LogP) is 4.75. The lowest BCUT2D eigenvalue weighted by atomic mass is 10.2. The summed E-state index contributed by atoms with van der Waals surface area (Å²) in [5, 5.41) is 10.4. The summed E-state index contributed by atoms with van der Waals surface area (Å²) in [6.45, 7) is 1.45. The van der Waals surface area contributed by atoms with Gasteiger partial charge in [-0.25, -0.2) is 14.6 Å². The lowest BCUT2D eigenvalue weighted by molar-refractivity contribution is -0.114. The highest BCUT2D eigenvalue weighted by Crippen LogP contribution is 2.29. The minimum Gasteiger partial charge on any atom is -0.326 e. The molecule has 33 heavy (non-hydrogen) atoms. The number of nitrogens with one attached hydrogen (secondary N) is 2. The zero-order chi connectivity index (χ0) is 22.8. The van der Waals surface area contributed by atoms with Crippen LogP contribution in [0, 0.1) is 0 Å². The van der Waals surface area contributed by atoms with Crippen molar-refractivity contribution in [2.75, 3.05) is 10.6 Å². The zero-order valence-corrected chi connectivity index (χ0v) is 18.3. The summed E-state index contributed by atoms with van der Waals surface area (Å²) in [6.07, 6.45) is 0. The molecule has 3 aromatic carbocycles. The summed E-state index contributed by atoms with van der Waals surface area (Å²) < 4.78 is 2.49. The molecule has 0 radical (unpaired) electrons. The fraction of sp³-hybridized carbons (Fsp3) is 0.0417. The van der Waals surface area contributed by atoms with Gasteiger partial charge in [0.25, 0.3) is 5.91 Å². The van der Waals surface area contributed by atoms with Gasteiger partial charge in [-0.15, -0.1) is 5.10 Å². The number of aromatic nitrogens is 4. The molecule has 0 aliphatic heterocycles. The Hall–Kier alpha value is -4.37. The Kier molecular flexibility index (Phi) is 5.37. The summed E-state index contributed by atoms with van der Waals surface area (Å²) in [4.78, 5) is 33.3. The Bertz CT molecular complexity index is 1400. The molecule has 162 valence electrons. The molecule has 0 saturated heterocycles. The van der Waals surface area contributed by atoms with Crippen LogP contribution in [0.2, 0.25) is 0 Å². The number of thiazole rings is 1. The molecule has 5 rings (SSSR count). The van der Waals surface area contributed by atoms with Gasteiger partial charge in [-0.1, -0.05) is 59.9 Å². The van der Waals surface area contributed by atoms with Gasteiger partial charge in [0, 0.05) is 18.2 Å². The number of anilines is 2. The molecule has 2 heterocycles. The van der Waals surface area contributed by atoms with Gasteiger partial charge in [0.1, 0.15) is 0 Å². The summed E-state index contributed by atoms with van der Waals surface area (Å²) in [6, 6.07) is 24.5. The first-order valence-corrected chi connectivity index (χ1v) is 11.0. The van der Waals surface area contributed by atoms with E-state index in [1.165, 1.54) is 18.3 Å². The van der Waals surface area contributed by atoms with Crippen molar-refractivity contribution in [3.8, 4) is 17.1 Å². The summed E-state index contributed by atoms with van der Waals surface area (Å²) in [5.74, 6) is -0.00297. The van der Waals surface area contributed by atoms with Gasteiger partial charge >= 0.3 is 0 Å². The van der Waals surface area contributed by atoms with Crippen LogP contribution in [0.1, 0.15) is 17.5 Å². The molecular formula is C24H18N6O2S. The Labute approximate surface area is 192 Å². The van der Waals surface area contributed by atoms with Crippen molar-refractivity contribution >= 4 is 44.2 Å². The Morgan fingerprint density at radius 2 is 1.61 bits per heavy atom. The molecular weight excluding hydrogens is 436 g/mol. The molecule has 0 bridgehead atoms. The van der Waals surface area contributed by atoms with Crippen molar-refractivity contribution < 1.29 is 9.59 Å². The molecule has 9 heteroatoms. The molecule has 2 N–H and O–H groups in total. The molecule has 0 fully saturated rings. The number of carbonyl (C=O) groups is 2. The number of para-hydroxylation sites is 1. The van der Waals surface area contributed by atoms with E-state index >= 15 is 0 Å². The molecule has 0 saturated carbocycles. The van der Waals surface area contributed by atoms with E-state index in [1.807, 2.05) is 66.7 Å². The molecule has 2 amide bonds. The van der Waals surface area contributed by atoms with Crippen LogP contribution in [0.3, 0.4) is 0 Å². The van der Waals surface area contributed by atoms with E-state index in [1.54, 1.807) is 16.8 Å². The number of nitrogens with zero attached hydrogens (tertiary/aromatic N) is 4. The number of amides is 2. The van der Waals surface area contributed by atoms with Crippen LogP contribution in [0.5, 0.6) is 0 Å². The maximum atomic E-state index is 13.0. The summed E-state index contributed by atoms with van der Waals surface area (Å²) >= 11 is 1.31. The average Bonchev–Trinajstić information content (AvgIpc) is 3.44. The highest BCUT2D eigenvalue weighted by Gasteiger charge is 2.20. The van der Waals surface area contributed by atoms with Crippen molar-refractivity contribution in [2.45, 2.75) is 6.92 Å². The smallest absolute Gasteiger partial charge is 0.297 e.